The molecule has 384 valence electrons. The largest absolute Gasteiger partial charge is 0.173 e. The van der Waals surface area contributed by atoms with E-state index in [0.29, 0.717) is 0 Å². The zero-order valence-electron chi connectivity index (χ0n) is 45.1. The van der Waals surface area contributed by atoms with Gasteiger partial charge in [-0.25, -0.2) is 0 Å². The monoisotopic (exact) mass is 1040 g/mol. The van der Waals surface area contributed by atoms with E-state index in [9.17, 15) is 0 Å². The van der Waals surface area contributed by atoms with Gasteiger partial charge in [0.1, 0.15) is 11.0 Å². The van der Waals surface area contributed by atoms with Crippen LogP contribution < -0.4 is 0 Å². The van der Waals surface area contributed by atoms with Crippen LogP contribution in [0.4, 0.5) is 0 Å². The smallest absolute Gasteiger partial charge is 0.112 e. The number of unbranched alkanes of at least 4 members (excludes halogenated alkanes) is 12. The number of benzene rings is 6. The molecule has 0 saturated heterocycles. The van der Waals surface area contributed by atoms with E-state index in [-0.39, 0.29) is 0 Å². The summed E-state index contributed by atoms with van der Waals surface area (Å²) in [6, 6.07) is 54.0. The van der Waals surface area contributed by atoms with Gasteiger partial charge in [-0.05, 0) is 164 Å². The van der Waals surface area contributed by atoms with Crippen molar-refractivity contribution >= 4 is 45.4 Å². The lowest BCUT2D eigenvalue weighted by molar-refractivity contribution is 0.666. The van der Waals surface area contributed by atoms with Crippen molar-refractivity contribution < 1.29 is 0 Å². The molecule has 0 aliphatic heterocycles. The molecule has 3 heterocycles. The number of fused-ring (bicyclic) bond motifs is 7. The van der Waals surface area contributed by atoms with Gasteiger partial charge >= 0.3 is 0 Å². The molecule has 0 unspecified atom stereocenters. The molecule has 0 atom stereocenters. The van der Waals surface area contributed by atoms with Crippen LogP contribution in [-0.2, 0) is 36.5 Å². The summed E-state index contributed by atoms with van der Waals surface area (Å²) in [7, 11) is 0. The Labute approximate surface area is 461 Å². The number of aryl methyl sites for hydroxylation is 4. The highest BCUT2D eigenvalue weighted by molar-refractivity contribution is 7.14. The van der Waals surface area contributed by atoms with Crippen molar-refractivity contribution in [2.24, 2.45) is 0 Å². The highest BCUT2D eigenvalue weighted by atomic mass is 32.1. The van der Waals surface area contributed by atoms with Crippen LogP contribution >= 0.6 is 34.4 Å². The first-order chi connectivity index (χ1) is 37.0. The minimum absolute atomic E-state index is 0.483. The number of hydrogen-bond acceptors (Lipinski definition) is 5. The topological polar surface area (TPSA) is 25.8 Å². The Morgan fingerprint density at radius 1 is 0.373 bits per heavy atom. The molecule has 2 aliphatic carbocycles. The summed E-state index contributed by atoms with van der Waals surface area (Å²) < 4.78 is 9.79. The Morgan fingerprint density at radius 2 is 0.813 bits per heavy atom. The average molecular weight is 1040 g/mol. The van der Waals surface area contributed by atoms with Crippen LogP contribution in [-0.4, -0.2) is 8.75 Å². The van der Waals surface area contributed by atoms with Crippen molar-refractivity contribution in [2.45, 2.75) is 167 Å². The van der Waals surface area contributed by atoms with Gasteiger partial charge in [0.05, 0.1) is 22.6 Å². The summed E-state index contributed by atoms with van der Waals surface area (Å²) in [4.78, 5) is 2.76. The zero-order valence-corrected chi connectivity index (χ0v) is 47.6. The van der Waals surface area contributed by atoms with Crippen LogP contribution in [0.1, 0.15) is 197 Å². The quantitative estimate of drug-likeness (QED) is 0.0533. The third kappa shape index (κ3) is 9.63. The lowest BCUT2D eigenvalue weighted by Crippen LogP contribution is -2.30. The van der Waals surface area contributed by atoms with Crippen molar-refractivity contribution in [3.63, 3.8) is 0 Å². The third-order valence-electron chi connectivity index (χ3n) is 17.1. The van der Waals surface area contributed by atoms with Crippen LogP contribution in [0.3, 0.4) is 0 Å². The van der Waals surface area contributed by atoms with Gasteiger partial charge in [0.2, 0.25) is 0 Å². The number of aromatic nitrogens is 2. The van der Waals surface area contributed by atoms with Crippen LogP contribution in [0.5, 0.6) is 0 Å². The van der Waals surface area contributed by atoms with Gasteiger partial charge in [-0.2, -0.15) is 8.75 Å². The molecule has 0 amide bonds. The number of nitrogens with zero attached hydrogens (tertiary/aromatic N) is 2. The van der Waals surface area contributed by atoms with Crippen molar-refractivity contribution in [3.05, 3.63) is 211 Å². The van der Waals surface area contributed by atoms with Crippen LogP contribution in [0, 0.1) is 0 Å². The normalized spacial score (nSPS) is 13.8. The van der Waals surface area contributed by atoms with E-state index in [0.717, 1.165) is 36.7 Å². The standard InChI is InChI=1S/C70H76N2S3/c1-5-9-13-17-22-49-28-36-53(37-29-49)69(54-38-30-50(31-39-54)23-18-14-10-6-2)61-44-45-73-67(61)58-46-63-59(47-62(58)69)68-65(60(48-74-68)57-26-21-27-64-66(57)72-75-71-64)70(63,55-40-32-51(33-41-55)24-19-15-11-7-3)56-42-34-52(35-43-56)25-20-16-12-8-4/h21,26-48H,5-20,22-25H2,1-4H3. The van der Waals surface area contributed by atoms with Gasteiger partial charge in [-0.3, -0.25) is 0 Å². The maximum atomic E-state index is 5.00. The molecule has 5 heteroatoms. The first-order valence-corrected chi connectivity index (χ1v) is 31.5. The molecule has 0 radical (unpaired) electrons. The molecule has 0 fully saturated rings. The molecule has 0 N–H and O–H groups in total. The molecule has 3 aromatic heterocycles. The Balaban J connectivity index is 1.15. The van der Waals surface area contributed by atoms with E-state index in [1.807, 2.05) is 22.7 Å². The number of hydrogen-bond donors (Lipinski definition) is 0. The second-order valence-electron chi connectivity index (χ2n) is 21.9. The fourth-order valence-electron chi connectivity index (χ4n) is 13.1. The summed E-state index contributed by atoms with van der Waals surface area (Å²) >= 11 is 5.17. The second kappa shape index (κ2) is 23.4. The van der Waals surface area contributed by atoms with Crippen molar-refractivity contribution in [3.8, 4) is 32.0 Å². The first-order valence-electron chi connectivity index (χ1n) is 29.0. The SMILES string of the molecule is CCCCCCc1ccc(C2(c3ccc(CCCCCC)cc3)c3cc4c(cc3-c3sccc32)C(c2ccc(CCCCCC)cc2)(c2ccc(CCCCCC)cc2)c2c(-c3cccc5nsnc35)csc2-4)cc1. The highest BCUT2D eigenvalue weighted by Gasteiger charge is 2.53. The van der Waals surface area contributed by atoms with E-state index in [2.05, 4.69) is 172 Å². The van der Waals surface area contributed by atoms with Crippen LogP contribution in [0.15, 0.2) is 144 Å². The van der Waals surface area contributed by atoms with Gasteiger partial charge in [-0.15, -0.1) is 22.7 Å². The van der Waals surface area contributed by atoms with Gasteiger partial charge < -0.3 is 0 Å². The molecular weight excluding hydrogens is 965 g/mol. The van der Waals surface area contributed by atoms with Gasteiger partial charge in [0.25, 0.3) is 0 Å². The molecular formula is C70H76N2S3. The van der Waals surface area contributed by atoms with Crippen molar-refractivity contribution in [2.75, 3.05) is 0 Å². The Kier molecular flexibility index (Phi) is 16.1. The first kappa shape index (κ1) is 51.6. The van der Waals surface area contributed by atoms with Gasteiger partial charge in [0.15, 0.2) is 0 Å². The fourth-order valence-corrected chi connectivity index (χ4v) is 15.8. The third-order valence-corrected chi connectivity index (χ3v) is 19.6. The molecule has 9 aromatic rings. The maximum Gasteiger partial charge on any atom is 0.112 e. The van der Waals surface area contributed by atoms with E-state index in [1.54, 1.807) is 0 Å². The predicted molar refractivity (Wildman–Crippen MR) is 325 cm³/mol. The summed E-state index contributed by atoms with van der Waals surface area (Å²) in [5.41, 5.74) is 22.8. The number of thiophene rings is 2. The van der Waals surface area contributed by atoms with E-state index in [1.165, 1.54) is 213 Å². The predicted octanol–water partition coefficient (Wildman–Crippen LogP) is 20.7. The zero-order chi connectivity index (χ0) is 51.2. The van der Waals surface area contributed by atoms with E-state index < -0.39 is 10.8 Å². The fraction of sp³-hybridized carbons (Fsp3) is 0.371. The molecule has 2 aliphatic rings. The minimum Gasteiger partial charge on any atom is -0.173 e. The molecule has 0 spiro atoms. The average Bonchev–Trinajstić information content (AvgIpc) is 4.33. The number of rotatable bonds is 25. The molecule has 0 bridgehead atoms. The molecule has 11 rings (SSSR count). The van der Waals surface area contributed by atoms with Crippen LogP contribution in [0.2, 0.25) is 0 Å². The molecule has 75 heavy (non-hydrogen) atoms. The lowest BCUT2D eigenvalue weighted by atomic mass is 9.65. The van der Waals surface area contributed by atoms with Crippen molar-refractivity contribution in [1.29, 1.82) is 0 Å². The van der Waals surface area contributed by atoms with Gasteiger partial charge in [0, 0.05) is 20.9 Å². The van der Waals surface area contributed by atoms with E-state index in [4.69, 9.17) is 8.75 Å². The molecule has 6 aromatic carbocycles. The Morgan fingerprint density at radius 3 is 1.28 bits per heavy atom. The maximum absolute atomic E-state index is 5.00. The minimum atomic E-state index is -0.594. The summed E-state index contributed by atoms with van der Waals surface area (Å²) in [6.07, 6.45) is 24.8. The summed E-state index contributed by atoms with van der Waals surface area (Å²) in [5.74, 6) is 0. The molecule has 0 saturated carbocycles. The van der Waals surface area contributed by atoms with E-state index >= 15 is 0 Å². The molecule has 2 nitrogen and oxygen atoms in total. The summed E-state index contributed by atoms with van der Waals surface area (Å²) in [5, 5.41) is 4.82. The highest BCUT2D eigenvalue weighted by Crippen LogP contribution is 2.66. The van der Waals surface area contributed by atoms with Crippen LogP contribution in [0.25, 0.3) is 43.0 Å². The Bertz CT molecular complexity index is 3200. The Hall–Kier alpha value is -5.46. The van der Waals surface area contributed by atoms with Gasteiger partial charge in [-0.1, -0.05) is 214 Å². The lowest BCUT2D eigenvalue weighted by Gasteiger charge is -2.36. The second-order valence-corrected chi connectivity index (χ2v) is 24.3. The van der Waals surface area contributed by atoms with Crippen molar-refractivity contribution in [1.82, 2.24) is 8.75 Å². The summed E-state index contributed by atoms with van der Waals surface area (Å²) in [6.45, 7) is 9.22.